The van der Waals surface area contributed by atoms with Crippen LogP contribution < -0.4 is 0 Å². The van der Waals surface area contributed by atoms with Gasteiger partial charge in [-0.05, 0) is 47.5 Å². The molecule has 0 saturated heterocycles. The van der Waals surface area contributed by atoms with Crippen molar-refractivity contribution < 1.29 is 0 Å². The molecule has 152 valence electrons. The maximum Gasteiger partial charge on any atom is 0.115 e. The summed E-state index contributed by atoms with van der Waals surface area (Å²) in [4.78, 5) is 4.82. The first kappa shape index (κ1) is 21.7. The molecule has 0 aliphatic carbocycles. The Morgan fingerprint density at radius 1 is 0.806 bits per heavy atom. The second-order valence-electron chi connectivity index (χ2n) is 6.74. The van der Waals surface area contributed by atoms with Crippen LogP contribution in [0.1, 0.15) is 11.1 Å². The van der Waals surface area contributed by atoms with Crippen LogP contribution in [-0.4, -0.2) is 4.98 Å². The maximum absolute atomic E-state index is 9.99. The maximum atomic E-state index is 9.99. The van der Waals surface area contributed by atoms with E-state index in [-0.39, 0.29) is 0 Å². The Morgan fingerprint density at radius 2 is 1.42 bits per heavy atom. The van der Waals surface area contributed by atoms with E-state index < -0.39 is 0 Å². The van der Waals surface area contributed by atoms with Gasteiger partial charge in [0.25, 0.3) is 0 Å². The minimum absolute atomic E-state index is 0.525. The highest BCUT2D eigenvalue weighted by molar-refractivity contribution is 7.98. The van der Waals surface area contributed by atoms with Crippen LogP contribution in [0.4, 0.5) is 0 Å². The van der Waals surface area contributed by atoms with E-state index >= 15 is 0 Å². The highest BCUT2D eigenvalue weighted by atomic mass is 35.5. The van der Waals surface area contributed by atoms with Crippen LogP contribution in [0.25, 0.3) is 22.4 Å². The van der Waals surface area contributed by atoms with Gasteiger partial charge in [0.1, 0.15) is 11.1 Å². The summed E-state index contributed by atoms with van der Waals surface area (Å²) in [6, 6.07) is 26.9. The molecule has 0 N–H and O–H groups in total. The standard InChI is InChI=1S/C25H15Cl3N2S/c26-19-9-5-16(6-10-19)21-13-24(17-7-11-20(27)12-8-17)30-25(22(21)14-29)31-15-18-3-1-2-4-23(18)28/h1-13H,15H2. The van der Waals surface area contributed by atoms with Crippen molar-refractivity contribution >= 4 is 46.6 Å². The minimum atomic E-state index is 0.525. The average molecular weight is 482 g/mol. The first-order valence-corrected chi connectivity index (χ1v) is 11.5. The first-order chi connectivity index (χ1) is 15.0. The Morgan fingerprint density at radius 3 is 2.03 bits per heavy atom. The van der Waals surface area contributed by atoms with Gasteiger partial charge in [-0.25, -0.2) is 4.98 Å². The van der Waals surface area contributed by atoms with Crippen LogP contribution >= 0.6 is 46.6 Å². The van der Waals surface area contributed by atoms with Crippen molar-refractivity contribution in [3.63, 3.8) is 0 Å². The minimum Gasteiger partial charge on any atom is -0.240 e. The summed E-state index contributed by atoms with van der Waals surface area (Å²) in [5, 5.41) is 12.6. The summed E-state index contributed by atoms with van der Waals surface area (Å²) in [7, 11) is 0. The number of pyridine rings is 1. The van der Waals surface area contributed by atoms with Crippen LogP contribution in [-0.2, 0) is 5.75 Å². The van der Waals surface area contributed by atoms with Crippen molar-refractivity contribution in [2.45, 2.75) is 10.8 Å². The van der Waals surface area contributed by atoms with Gasteiger partial charge in [0.05, 0.1) is 11.3 Å². The Bertz CT molecular complexity index is 1260. The van der Waals surface area contributed by atoms with Crippen LogP contribution in [0.2, 0.25) is 15.1 Å². The SMILES string of the molecule is N#Cc1c(-c2ccc(Cl)cc2)cc(-c2ccc(Cl)cc2)nc1SCc1ccccc1Cl. The van der Waals surface area contributed by atoms with Crippen molar-refractivity contribution in [3.05, 3.63) is 105 Å². The molecular formula is C25H15Cl3N2S. The summed E-state index contributed by atoms with van der Waals surface area (Å²) in [6.45, 7) is 0. The fourth-order valence-electron chi connectivity index (χ4n) is 3.12. The lowest BCUT2D eigenvalue weighted by Gasteiger charge is -2.13. The zero-order chi connectivity index (χ0) is 21.8. The van der Waals surface area contributed by atoms with E-state index in [2.05, 4.69) is 6.07 Å². The molecule has 0 fully saturated rings. The van der Waals surface area contributed by atoms with Gasteiger partial charge in [0, 0.05) is 31.9 Å². The van der Waals surface area contributed by atoms with Gasteiger partial charge < -0.3 is 0 Å². The second kappa shape index (κ2) is 9.77. The fourth-order valence-corrected chi connectivity index (χ4v) is 4.66. The van der Waals surface area contributed by atoms with Crippen LogP contribution in [0.3, 0.4) is 0 Å². The van der Waals surface area contributed by atoms with E-state index in [1.54, 1.807) is 0 Å². The number of nitriles is 1. The Labute approximate surface area is 200 Å². The highest BCUT2D eigenvalue weighted by Crippen LogP contribution is 2.36. The third-order valence-corrected chi connectivity index (χ3v) is 6.61. The summed E-state index contributed by atoms with van der Waals surface area (Å²) in [5.41, 5.74) is 4.91. The number of nitrogens with zero attached hydrogens (tertiary/aromatic N) is 2. The van der Waals surface area contributed by atoms with Gasteiger partial charge in [-0.3, -0.25) is 0 Å². The van der Waals surface area contributed by atoms with E-state index in [1.807, 2.05) is 78.9 Å². The Balaban J connectivity index is 1.83. The average Bonchev–Trinajstić information content (AvgIpc) is 2.79. The van der Waals surface area contributed by atoms with Crippen molar-refractivity contribution in [3.8, 4) is 28.5 Å². The molecule has 0 saturated carbocycles. The van der Waals surface area contributed by atoms with Crippen molar-refractivity contribution in [1.82, 2.24) is 4.98 Å². The van der Waals surface area contributed by atoms with E-state index in [1.165, 1.54) is 11.8 Å². The van der Waals surface area contributed by atoms with Gasteiger partial charge in [-0.2, -0.15) is 5.26 Å². The summed E-state index contributed by atoms with van der Waals surface area (Å²) >= 11 is 19.9. The lowest BCUT2D eigenvalue weighted by atomic mass is 9.99. The number of benzene rings is 3. The molecule has 0 atom stereocenters. The molecule has 4 rings (SSSR count). The molecule has 4 aromatic rings. The summed E-state index contributed by atoms with van der Waals surface area (Å²) < 4.78 is 0. The molecule has 0 unspecified atom stereocenters. The topological polar surface area (TPSA) is 36.7 Å². The van der Waals surface area contributed by atoms with E-state index in [4.69, 9.17) is 39.8 Å². The molecule has 0 spiro atoms. The van der Waals surface area contributed by atoms with Gasteiger partial charge in [-0.1, -0.05) is 77.3 Å². The lowest BCUT2D eigenvalue weighted by molar-refractivity contribution is 1.12. The molecule has 31 heavy (non-hydrogen) atoms. The predicted octanol–water partition coefficient (Wildman–Crippen LogP) is 8.54. The smallest absolute Gasteiger partial charge is 0.115 e. The fraction of sp³-hybridized carbons (Fsp3) is 0.0400. The second-order valence-corrected chi connectivity index (χ2v) is 8.99. The molecule has 2 nitrogen and oxygen atoms in total. The normalized spacial score (nSPS) is 10.6. The molecule has 1 aromatic heterocycles. The highest BCUT2D eigenvalue weighted by Gasteiger charge is 2.16. The Hall–Kier alpha value is -2.48. The van der Waals surface area contributed by atoms with Crippen LogP contribution in [0, 0.1) is 11.3 Å². The molecule has 0 bridgehead atoms. The molecule has 3 aromatic carbocycles. The number of thioether (sulfide) groups is 1. The van der Waals surface area contributed by atoms with Gasteiger partial charge >= 0.3 is 0 Å². The lowest BCUT2D eigenvalue weighted by Crippen LogP contribution is -1.96. The zero-order valence-electron chi connectivity index (χ0n) is 16.1. The van der Waals surface area contributed by atoms with Crippen molar-refractivity contribution in [1.29, 1.82) is 5.26 Å². The molecular weight excluding hydrogens is 467 g/mol. The molecule has 6 heteroatoms. The number of aromatic nitrogens is 1. The number of halogens is 3. The number of rotatable bonds is 5. The molecule has 0 aliphatic rings. The third-order valence-electron chi connectivity index (χ3n) is 4.72. The van der Waals surface area contributed by atoms with E-state index in [0.717, 1.165) is 27.9 Å². The monoisotopic (exact) mass is 480 g/mol. The summed E-state index contributed by atoms with van der Waals surface area (Å²) in [6.07, 6.45) is 0. The van der Waals surface area contributed by atoms with Gasteiger partial charge in [-0.15, -0.1) is 11.8 Å². The zero-order valence-corrected chi connectivity index (χ0v) is 19.2. The number of hydrogen-bond donors (Lipinski definition) is 0. The van der Waals surface area contributed by atoms with Crippen molar-refractivity contribution in [2.75, 3.05) is 0 Å². The van der Waals surface area contributed by atoms with Crippen molar-refractivity contribution in [2.24, 2.45) is 0 Å². The van der Waals surface area contributed by atoms with Crippen LogP contribution in [0.15, 0.2) is 83.9 Å². The molecule has 0 aliphatic heterocycles. The number of hydrogen-bond acceptors (Lipinski definition) is 3. The van der Waals surface area contributed by atoms with Gasteiger partial charge in [0.2, 0.25) is 0 Å². The molecule has 0 amide bonds. The predicted molar refractivity (Wildman–Crippen MR) is 131 cm³/mol. The first-order valence-electron chi connectivity index (χ1n) is 9.38. The Kier molecular flexibility index (Phi) is 6.85. The third kappa shape index (κ3) is 5.06. The largest absolute Gasteiger partial charge is 0.240 e. The van der Waals surface area contributed by atoms with Gasteiger partial charge in [0.15, 0.2) is 0 Å². The molecule has 0 radical (unpaired) electrons. The van der Waals surface area contributed by atoms with E-state index in [0.29, 0.717) is 31.4 Å². The van der Waals surface area contributed by atoms with Crippen LogP contribution in [0.5, 0.6) is 0 Å². The summed E-state index contributed by atoms with van der Waals surface area (Å²) in [5.74, 6) is 0.603. The van der Waals surface area contributed by atoms with E-state index in [9.17, 15) is 5.26 Å². The molecule has 1 heterocycles. The quantitative estimate of drug-likeness (QED) is 0.268.